The molecule has 1 aromatic carbocycles. The van der Waals surface area contributed by atoms with Crippen molar-refractivity contribution in [1.29, 1.82) is 0 Å². The van der Waals surface area contributed by atoms with E-state index in [1.165, 1.54) is 0 Å². The fourth-order valence-corrected chi connectivity index (χ4v) is 1.67. The number of imidazole rings is 1. The van der Waals surface area contributed by atoms with E-state index in [1.807, 2.05) is 30.3 Å². The molecule has 0 saturated heterocycles. The lowest BCUT2D eigenvalue weighted by atomic mass is 10.3. The third-order valence-electron chi connectivity index (χ3n) is 2.44. The van der Waals surface area contributed by atoms with Crippen LogP contribution in [0.3, 0.4) is 0 Å². The number of aromatic nitrogens is 3. The lowest BCUT2D eigenvalue weighted by Gasteiger charge is -1.92. The largest absolute Gasteiger partial charge is 0.399 e. The highest BCUT2D eigenvalue weighted by Crippen LogP contribution is 2.20. The zero-order valence-corrected chi connectivity index (χ0v) is 9.74. The Labute approximate surface area is 104 Å². The predicted molar refractivity (Wildman–Crippen MR) is 71.0 cm³/mol. The summed E-state index contributed by atoms with van der Waals surface area (Å²) in [5, 5.41) is 0. The second-order valence-electron chi connectivity index (χ2n) is 3.60. The number of rotatable bonds is 1. The molecule has 5 heteroatoms. The number of H-pyrrole nitrogens is 1. The van der Waals surface area contributed by atoms with Crippen LogP contribution in [0.1, 0.15) is 0 Å². The molecular formula is C12H11ClN4. The average molecular weight is 247 g/mol. The van der Waals surface area contributed by atoms with Crippen LogP contribution in [0, 0.1) is 0 Å². The molecule has 2 heterocycles. The van der Waals surface area contributed by atoms with Gasteiger partial charge in [0.2, 0.25) is 0 Å². The van der Waals surface area contributed by atoms with Crippen molar-refractivity contribution in [2.75, 3.05) is 5.73 Å². The zero-order chi connectivity index (χ0) is 11.0. The number of nitrogens with zero attached hydrogens (tertiary/aromatic N) is 2. The van der Waals surface area contributed by atoms with Crippen molar-refractivity contribution in [3.63, 3.8) is 0 Å². The number of aromatic amines is 1. The van der Waals surface area contributed by atoms with Gasteiger partial charge in [-0.05, 0) is 30.3 Å². The molecule has 0 bridgehead atoms. The number of hydrogen-bond donors (Lipinski definition) is 2. The Morgan fingerprint density at radius 1 is 1.18 bits per heavy atom. The van der Waals surface area contributed by atoms with Crippen LogP contribution >= 0.6 is 12.4 Å². The third kappa shape index (κ3) is 2.07. The topological polar surface area (TPSA) is 67.6 Å². The summed E-state index contributed by atoms with van der Waals surface area (Å²) in [6.07, 6.45) is 3.52. The first-order valence-corrected chi connectivity index (χ1v) is 4.98. The Bertz CT molecular complexity index is 633. The molecule has 0 spiro atoms. The molecule has 0 amide bonds. The maximum Gasteiger partial charge on any atom is 0.140 e. The van der Waals surface area contributed by atoms with Crippen molar-refractivity contribution in [3.05, 3.63) is 42.7 Å². The van der Waals surface area contributed by atoms with E-state index < -0.39 is 0 Å². The van der Waals surface area contributed by atoms with Gasteiger partial charge in [0.25, 0.3) is 0 Å². The summed E-state index contributed by atoms with van der Waals surface area (Å²) in [6.45, 7) is 0. The summed E-state index contributed by atoms with van der Waals surface area (Å²) >= 11 is 0. The first-order chi connectivity index (χ1) is 7.83. The molecule has 3 N–H and O–H groups in total. The molecule has 4 nitrogen and oxygen atoms in total. The number of nitrogens with one attached hydrogen (secondary N) is 1. The van der Waals surface area contributed by atoms with Gasteiger partial charge in [0, 0.05) is 23.6 Å². The number of nitrogen functional groups attached to an aromatic ring is 1. The summed E-state index contributed by atoms with van der Waals surface area (Å²) in [5.41, 5.74) is 9.27. The van der Waals surface area contributed by atoms with Crippen LogP contribution in [-0.2, 0) is 0 Å². The van der Waals surface area contributed by atoms with Crippen molar-refractivity contribution in [3.8, 4) is 11.4 Å². The van der Waals surface area contributed by atoms with Crippen LogP contribution in [0.5, 0.6) is 0 Å². The second kappa shape index (κ2) is 4.43. The quantitative estimate of drug-likeness (QED) is 0.649. The van der Waals surface area contributed by atoms with E-state index in [1.54, 1.807) is 12.4 Å². The number of benzene rings is 1. The van der Waals surface area contributed by atoms with Crippen molar-refractivity contribution >= 4 is 29.1 Å². The summed E-state index contributed by atoms with van der Waals surface area (Å²) in [7, 11) is 0. The zero-order valence-electron chi connectivity index (χ0n) is 8.92. The van der Waals surface area contributed by atoms with Crippen molar-refractivity contribution in [2.45, 2.75) is 0 Å². The monoisotopic (exact) mass is 246 g/mol. The smallest absolute Gasteiger partial charge is 0.140 e. The summed E-state index contributed by atoms with van der Waals surface area (Å²) < 4.78 is 0. The normalized spacial score (nSPS) is 10.1. The van der Waals surface area contributed by atoms with Gasteiger partial charge in [-0.2, -0.15) is 0 Å². The number of pyridine rings is 1. The number of fused-ring (bicyclic) bond motifs is 1. The van der Waals surface area contributed by atoms with Gasteiger partial charge in [-0.15, -0.1) is 12.4 Å². The van der Waals surface area contributed by atoms with Gasteiger partial charge < -0.3 is 10.7 Å². The summed E-state index contributed by atoms with van der Waals surface area (Å²) in [6, 6.07) is 9.48. The molecule has 0 unspecified atom stereocenters. The number of halogens is 1. The van der Waals surface area contributed by atoms with Crippen LogP contribution in [0.15, 0.2) is 42.7 Å². The van der Waals surface area contributed by atoms with E-state index in [0.29, 0.717) is 0 Å². The van der Waals surface area contributed by atoms with E-state index in [4.69, 9.17) is 5.73 Å². The number of hydrogen-bond acceptors (Lipinski definition) is 3. The molecule has 0 aliphatic heterocycles. The van der Waals surface area contributed by atoms with E-state index in [-0.39, 0.29) is 12.4 Å². The first-order valence-electron chi connectivity index (χ1n) is 4.98. The Balaban J connectivity index is 0.00000108. The molecule has 0 fully saturated rings. The minimum absolute atomic E-state index is 0. The fraction of sp³-hybridized carbons (Fsp3) is 0. The number of nitrogens with two attached hydrogens (primary N) is 1. The van der Waals surface area contributed by atoms with E-state index in [2.05, 4.69) is 15.0 Å². The highest BCUT2D eigenvalue weighted by molar-refractivity contribution is 5.85. The van der Waals surface area contributed by atoms with Gasteiger partial charge in [0.15, 0.2) is 0 Å². The van der Waals surface area contributed by atoms with Gasteiger partial charge in [0.1, 0.15) is 5.82 Å². The molecule has 0 radical (unpaired) electrons. The van der Waals surface area contributed by atoms with E-state index in [0.717, 1.165) is 28.1 Å². The number of anilines is 1. The molecule has 3 rings (SSSR count). The van der Waals surface area contributed by atoms with Gasteiger partial charge >= 0.3 is 0 Å². The van der Waals surface area contributed by atoms with Crippen molar-refractivity contribution in [2.24, 2.45) is 0 Å². The fourth-order valence-electron chi connectivity index (χ4n) is 1.67. The average Bonchev–Trinajstić information content (AvgIpc) is 2.73. The van der Waals surface area contributed by atoms with Crippen LogP contribution in [0.4, 0.5) is 5.69 Å². The highest BCUT2D eigenvalue weighted by atomic mass is 35.5. The minimum Gasteiger partial charge on any atom is -0.399 e. The Morgan fingerprint density at radius 3 is 2.82 bits per heavy atom. The molecule has 0 atom stereocenters. The van der Waals surface area contributed by atoms with Gasteiger partial charge in [-0.25, -0.2) is 4.98 Å². The van der Waals surface area contributed by atoms with Gasteiger partial charge in [0.05, 0.1) is 11.0 Å². The molecule has 3 aromatic rings. The van der Waals surface area contributed by atoms with Crippen LogP contribution < -0.4 is 5.73 Å². The minimum atomic E-state index is 0. The van der Waals surface area contributed by atoms with Crippen molar-refractivity contribution < 1.29 is 0 Å². The molecule has 17 heavy (non-hydrogen) atoms. The SMILES string of the molecule is Cl.Nc1ccc2nc(-c3cccnc3)[nH]c2c1. The van der Waals surface area contributed by atoms with E-state index >= 15 is 0 Å². The standard InChI is InChI=1S/C12H10N4.ClH/c13-9-3-4-10-11(6-9)16-12(15-10)8-2-1-5-14-7-8;/h1-7H,13H2,(H,15,16);1H. The first kappa shape index (κ1) is 11.4. The van der Waals surface area contributed by atoms with Crippen molar-refractivity contribution in [1.82, 2.24) is 15.0 Å². The third-order valence-corrected chi connectivity index (χ3v) is 2.44. The Morgan fingerprint density at radius 2 is 2.06 bits per heavy atom. The van der Waals surface area contributed by atoms with E-state index in [9.17, 15) is 0 Å². The van der Waals surface area contributed by atoms with Gasteiger partial charge in [-0.1, -0.05) is 0 Å². The lowest BCUT2D eigenvalue weighted by molar-refractivity contribution is 1.27. The molecule has 86 valence electrons. The maximum atomic E-state index is 5.71. The van der Waals surface area contributed by atoms with Gasteiger partial charge in [-0.3, -0.25) is 4.98 Å². The Hall–Kier alpha value is -2.07. The highest BCUT2D eigenvalue weighted by Gasteiger charge is 2.04. The summed E-state index contributed by atoms with van der Waals surface area (Å²) in [5.74, 6) is 0.814. The maximum absolute atomic E-state index is 5.71. The molecule has 0 aliphatic rings. The molecular weight excluding hydrogens is 236 g/mol. The summed E-state index contributed by atoms with van der Waals surface area (Å²) in [4.78, 5) is 11.8. The molecule has 2 aromatic heterocycles. The van der Waals surface area contributed by atoms with Crippen LogP contribution in [0.2, 0.25) is 0 Å². The van der Waals surface area contributed by atoms with Crippen LogP contribution in [0.25, 0.3) is 22.4 Å². The Kier molecular flexibility index (Phi) is 2.97. The lowest BCUT2D eigenvalue weighted by Crippen LogP contribution is -1.82. The molecule has 0 saturated carbocycles. The van der Waals surface area contributed by atoms with Crippen LogP contribution in [-0.4, -0.2) is 15.0 Å². The predicted octanol–water partition coefficient (Wildman–Crippen LogP) is 2.63. The molecule has 0 aliphatic carbocycles. The second-order valence-corrected chi connectivity index (χ2v) is 3.60.